The third-order valence-corrected chi connectivity index (χ3v) is 4.67. The first-order valence-electron chi connectivity index (χ1n) is 6.40. The first-order valence-corrected chi connectivity index (χ1v) is 7.55. The molecule has 0 bridgehead atoms. The van der Waals surface area contributed by atoms with Crippen molar-refractivity contribution in [3.05, 3.63) is 27.4 Å². The topological polar surface area (TPSA) is 61.0 Å². The molecule has 1 atom stereocenters. The summed E-state index contributed by atoms with van der Waals surface area (Å²) in [6, 6.07) is 0.190. The lowest BCUT2D eigenvalue weighted by atomic mass is 10.2. The molecule has 98 valence electrons. The molecular weight excluding hydrogens is 248 g/mol. The molecule has 0 aliphatic carbocycles. The minimum atomic E-state index is 0.0574. The van der Waals surface area contributed by atoms with Gasteiger partial charge in [0.2, 0.25) is 0 Å². The molecule has 5 nitrogen and oxygen atoms in total. The molecular formula is C12H18N4OS. The number of hydrogen-bond acceptors (Lipinski definition) is 5. The Bertz CT molecular complexity index is 495. The fraction of sp³-hybridized carbons (Fsp3) is 0.667. The van der Waals surface area contributed by atoms with Crippen molar-refractivity contribution in [2.24, 2.45) is 0 Å². The lowest BCUT2D eigenvalue weighted by molar-refractivity contribution is 0.178. The van der Waals surface area contributed by atoms with Gasteiger partial charge in [-0.2, -0.15) is 11.8 Å². The number of hydrogen-bond donors (Lipinski definition) is 2. The van der Waals surface area contributed by atoms with E-state index in [4.69, 9.17) is 0 Å². The van der Waals surface area contributed by atoms with E-state index >= 15 is 0 Å². The Labute approximate surface area is 110 Å². The average molecular weight is 266 g/mol. The van der Waals surface area contributed by atoms with Gasteiger partial charge in [0.15, 0.2) is 0 Å². The minimum Gasteiger partial charge on any atom is -0.314 e. The smallest absolute Gasteiger partial charge is 0.255 e. The third kappa shape index (κ3) is 2.20. The molecule has 1 fully saturated rings. The Morgan fingerprint density at radius 2 is 2.11 bits per heavy atom. The average Bonchev–Trinajstić information content (AvgIpc) is 2.88. The number of thioether (sulfide) groups is 1. The van der Waals surface area contributed by atoms with E-state index in [0.717, 1.165) is 54.8 Å². The maximum absolute atomic E-state index is 12.0. The highest BCUT2D eigenvalue weighted by Crippen LogP contribution is 2.26. The molecule has 3 heterocycles. The number of nitrogens with zero attached hydrogens (tertiary/aromatic N) is 2. The predicted octanol–water partition coefficient (Wildman–Crippen LogP) is 0.483. The number of fused-ring (bicyclic) bond motifs is 1. The number of piperazine rings is 1. The zero-order valence-corrected chi connectivity index (χ0v) is 11.3. The number of nitrogens with one attached hydrogen (secondary N) is 2. The number of H-pyrrole nitrogens is 1. The molecule has 2 N–H and O–H groups in total. The van der Waals surface area contributed by atoms with Crippen LogP contribution in [0.2, 0.25) is 0 Å². The van der Waals surface area contributed by atoms with Crippen molar-refractivity contribution in [1.29, 1.82) is 0 Å². The molecule has 0 radical (unpaired) electrons. The number of aromatic nitrogens is 2. The molecule has 0 aromatic carbocycles. The standard InChI is InChI=1S/C12H18N4OS/c1-8(16-4-2-13-3-5-16)11-14-10-7-18-6-9(10)12(17)15-11/h8,13H,2-7H2,1H3,(H,14,15,17). The molecule has 2 aliphatic heterocycles. The van der Waals surface area contributed by atoms with Crippen LogP contribution in [0.3, 0.4) is 0 Å². The summed E-state index contributed by atoms with van der Waals surface area (Å²) in [5.74, 6) is 2.50. The Hall–Kier alpha value is -0.850. The van der Waals surface area contributed by atoms with Crippen molar-refractivity contribution in [1.82, 2.24) is 20.2 Å². The van der Waals surface area contributed by atoms with Crippen LogP contribution in [0.25, 0.3) is 0 Å². The second kappa shape index (κ2) is 5.03. The van der Waals surface area contributed by atoms with Crippen molar-refractivity contribution in [3.8, 4) is 0 Å². The van der Waals surface area contributed by atoms with Gasteiger partial charge >= 0.3 is 0 Å². The number of rotatable bonds is 2. The van der Waals surface area contributed by atoms with Crippen molar-refractivity contribution in [3.63, 3.8) is 0 Å². The largest absolute Gasteiger partial charge is 0.314 e. The summed E-state index contributed by atoms with van der Waals surface area (Å²) in [4.78, 5) is 22.0. The van der Waals surface area contributed by atoms with Crippen LogP contribution >= 0.6 is 11.8 Å². The van der Waals surface area contributed by atoms with E-state index in [-0.39, 0.29) is 11.6 Å². The maximum Gasteiger partial charge on any atom is 0.255 e. The highest BCUT2D eigenvalue weighted by atomic mass is 32.2. The van der Waals surface area contributed by atoms with E-state index in [9.17, 15) is 4.79 Å². The molecule has 1 aromatic heterocycles. The summed E-state index contributed by atoms with van der Waals surface area (Å²) >= 11 is 1.77. The first kappa shape index (κ1) is 12.2. The third-order valence-electron chi connectivity index (χ3n) is 3.70. The Kier molecular flexibility index (Phi) is 3.41. The van der Waals surface area contributed by atoms with Crippen LogP contribution in [0, 0.1) is 0 Å². The Balaban J connectivity index is 1.87. The van der Waals surface area contributed by atoms with Crippen molar-refractivity contribution < 1.29 is 0 Å². The van der Waals surface area contributed by atoms with Crippen LogP contribution in [-0.4, -0.2) is 41.0 Å². The summed E-state index contributed by atoms with van der Waals surface area (Å²) in [5.41, 5.74) is 1.92. The van der Waals surface area contributed by atoms with Crippen LogP contribution < -0.4 is 10.9 Å². The van der Waals surface area contributed by atoms with Gasteiger partial charge in [0.1, 0.15) is 5.82 Å². The van der Waals surface area contributed by atoms with Crippen LogP contribution in [-0.2, 0) is 11.5 Å². The maximum atomic E-state index is 12.0. The van der Waals surface area contributed by atoms with Gasteiger partial charge in [-0.05, 0) is 6.92 Å². The second-order valence-electron chi connectivity index (χ2n) is 4.83. The van der Waals surface area contributed by atoms with Gasteiger partial charge in [-0.25, -0.2) is 4.98 Å². The Morgan fingerprint density at radius 3 is 2.89 bits per heavy atom. The molecule has 0 spiro atoms. The van der Waals surface area contributed by atoms with Gasteiger partial charge in [-0.1, -0.05) is 0 Å². The summed E-state index contributed by atoms with van der Waals surface area (Å²) < 4.78 is 0. The molecule has 0 saturated carbocycles. The van der Waals surface area contributed by atoms with Gasteiger partial charge in [0, 0.05) is 43.2 Å². The minimum absolute atomic E-state index is 0.0574. The second-order valence-corrected chi connectivity index (χ2v) is 5.82. The molecule has 6 heteroatoms. The fourth-order valence-electron chi connectivity index (χ4n) is 2.52. The van der Waals surface area contributed by atoms with E-state index < -0.39 is 0 Å². The van der Waals surface area contributed by atoms with Gasteiger partial charge < -0.3 is 10.3 Å². The monoisotopic (exact) mass is 266 g/mol. The molecule has 0 amide bonds. The fourth-order valence-corrected chi connectivity index (χ4v) is 3.56. The van der Waals surface area contributed by atoms with Crippen molar-refractivity contribution in [2.45, 2.75) is 24.5 Å². The van der Waals surface area contributed by atoms with E-state index in [1.54, 1.807) is 11.8 Å². The highest BCUT2D eigenvalue weighted by Gasteiger charge is 2.23. The van der Waals surface area contributed by atoms with Crippen molar-refractivity contribution in [2.75, 3.05) is 26.2 Å². The summed E-state index contributed by atoms with van der Waals surface area (Å²) in [6.07, 6.45) is 0. The summed E-state index contributed by atoms with van der Waals surface area (Å²) in [5, 5.41) is 3.34. The van der Waals surface area contributed by atoms with Crippen molar-refractivity contribution >= 4 is 11.8 Å². The lowest BCUT2D eigenvalue weighted by Crippen LogP contribution is -2.45. The molecule has 3 rings (SSSR count). The van der Waals surface area contributed by atoms with Gasteiger partial charge in [-0.3, -0.25) is 9.69 Å². The zero-order valence-electron chi connectivity index (χ0n) is 10.5. The van der Waals surface area contributed by atoms with Crippen LogP contribution in [0.5, 0.6) is 0 Å². The summed E-state index contributed by atoms with van der Waals surface area (Å²) in [6.45, 7) is 6.16. The van der Waals surface area contributed by atoms with Gasteiger partial charge in [0.05, 0.1) is 11.7 Å². The van der Waals surface area contributed by atoms with E-state index in [0.29, 0.717) is 0 Å². The van der Waals surface area contributed by atoms with E-state index in [2.05, 4.69) is 27.1 Å². The van der Waals surface area contributed by atoms with Gasteiger partial charge in [0.25, 0.3) is 5.56 Å². The predicted molar refractivity (Wildman–Crippen MR) is 72.7 cm³/mol. The van der Waals surface area contributed by atoms with E-state index in [1.807, 2.05) is 0 Å². The zero-order chi connectivity index (χ0) is 12.5. The van der Waals surface area contributed by atoms with Gasteiger partial charge in [-0.15, -0.1) is 0 Å². The van der Waals surface area contributed by atoms with E-state index in [1.165, 1.54) is 0 Å². The quantitative estimate of drug-likeness (QED) is 0.815. The normalized spacial score (nSPS) is 21.8. The Morgan fingerprint density at radius 1 is 1.33 bits per heavy atom. The molecule has 1 saturated heterocycles. The summed E-state index contributed by atoms with van der Waals surface area (Å²) in [7, 11) is 0. The highest BCUT2D eigenvalue weighted by molar-refractivity contribution is 7.98. The molecule has 1 unspecified atom stereocenters. The SMILES string of the molecule is CC(c1nc2c(c(=O)[nH]1)CSC2)N1CCNCC1. The first-order chi connectivity index (χ1) is 8.75. The number of aromatic amines is 1. The van der Waals surface area contributed by atoms with Crippen LogP contribution in [0.1, 0.15) is 30.0 Å². The lowest BCUT2D eigenvalue weighted by Gasteiger charge is -2.32. The van der Waals surface area contributed by atoms with Crippen LogP contribution in [0.15, 0.2) is 4.79 Å². The molecule has 18 heavy (non-hydrogen) atoms. The van der Waals surface area contributed by atoms with Crippen LogP contribution in [0.4, 0.5) is 0 Å². The molecule has 2 aliphatic rings. The molecule has 1 aromatic rings.